The maximum atomic E-state index is 11.1. The zero-order valence-electron chi connectivity index (χ0n) is 4.55. The molecule has 0 aliphatic heterocycles. The molecule has 0 aliphatic carbocycles. The molecule has 0 spiro atoms. The molecule has 0 aromatic rings. The van der Waals surface area contributed by atoms with Crippen LogP contribution < -0.4 is 10.0 Å². The fourth-order valence-corrected chi connectivity index (χ4v) is 0.156. The summed E-state index contributed by atoms with van der Waals surface area (Å²) in [5.41, 5.74) is 0. The van der Waals surface area contributed by atoms with Crippen LogP contribution in [0.1, 0.15) is 0 Å². The summed E-state index contributed by atoms with van der Waals surface area (Å²) in [5.74, 6) is 0. The van der Waals surface area contributed by atoms with Gasteiger partial charge < -0.3 is 14.9 Å². The predicted octanol–water partition coefficient (Wildman–Crippen LogP) is -1.80. The molecule has 10 heavy (non-hydrogen) atoms. The number of hydrogen-bond acceptors (Lipinski definition) is 4. The van der Waals surface area contributed by atoms with E-state index < -0.39 is 20.1 Å². The molecule has 0 aliphatic rings. The van der Waals surface area contributed by atoms with Gasteiger partial charge in [-0.2, -0.15) is 13.2 Å². The van der Waals surface area contributed by atoms with E-state index in [1.165, 1.54) is 0 Å². The van der Waals surface area contributed by atoms with Gasteiger partial charge in [-0.05, 0) is 0 Å². The summed E-state index contributed by atoms with van der Waals surface area (Å²) in [4.78, 5) is 6.30. The van der Waals surface area contributed by atoms with Crippen LogP contribution in [0.3, 0.4) is 0 Å². The van der Waals surface area contributed by atoms with Gasteiger partial charge in [-0.15, -0.1) is 0 Å². The molecule has 60 valence electrons. The molecule has 0 N–H and O–H groups in total. The first-order valence-corrected chi connectivity index (χ1v) is 2.08. The van der Waals surface area contributed by atoms with E-state index in [0.717, 1.165) is 0 Å². The Morgan fingerprint density at radius 2 is 1.80 bits per heavy atom. The second kappa shape index (κ2) is 3.76. The van der Waals surface area contributed by atoms with Crippen molar-refractivity contribution in [3.05, 3.63) is 0 Å². The van der Waals surface area contributed by atoms with Gasteiger partial charge in [0.1, 0.15) is 7.32 Å². The first-order chi connectivity index (χ1) is 4.42. The lowest BCUT2D eigenvalue weighted by atomic mass is 10.3. The minimum Gasteiger partial charge on any atom is -0.868 e. The molecular formula is C2H2BF3O4-2. The summed E-state index contributed by atoms with van der Waals surface area (Å²) < 4.78 is 33.3. The fraction of sp³-hybridized carbons (Fsp3) is 1.00. The Labute approximate surface area is 54.3 Å². The highest BCUT2D eigenvalue weighted by Crippen LogP contribution is 2.14. The van der Waals surface area contributed by atoms with Gasteiger partial charge in [0, 0.05) is 0 Å². The molecule has 0 bridgehead atoms. The largest absolute Gasteiger partial charge is 0.868 e. The molecule has 0 amide bonds. The van der Waals surface area contributed by atoms with Gasteiger partial charge in [0.2, 0.25) is 0 Å². The van der Waals surface area contributed by atoms with E-state index in [-0.39, 0.29) is 0 Å². The Hall–Kier alpha value is -0.305. The molecule has 0 aromatic heterocycles. The first-order valence-electron chi connectivity index (χ1n) is 2.08. The van der Waals surface area contributed by atoms with Crippen LogP contribution in [0, 0.1) is 0 Å². The smallest absolute Gasteiger partial charge is 0.414 e. The van der Waals surface area contributed by atoms with Crippen molar-refractivity contribution < 1.29 is 32.9 Å². The van der Waals surface area contributed by atoms with Crippen molar-refractivity contribution in [2.24, 2.45) is 0 Å². The zero-order chi connectivity index (χ0) is 8.20. The van der Waals surface area contributed by atoms with Gasteiger partial charge in [0.05, 0.1) is 0 Å². The molecule has 8 heteroatoms. The topological polar surface area (TPSA) is 64.6 Å². The molecule has 0 heterocycles. The van der Waals surface area contributed by atoms with Crippen LogP contribution in [0.15, 0.2) is 0 Å². The summed E-state index contributed by atoms with van der Waals surface area (Å²) in [6, 6.07) is 0. The van der Waals surface area contributed by atoms with Gasteiger partial charge in [-0.25, -0.2) is 4.89 Å². The van der Waals surface area contributed by atoms with Crippen molar-refractivity contribution in [1.29, 1.82) is 0 Å². The van der Waals surface area contributed by atoms with E-state index in [2.05, 4.69) is 9.69 Å². The molecule has 0 aromatic carbocycles. The average Bonchev–Trinajstić information content (AvgIpc) is 1.59. The van der Waals surface area contributed by atoms with Gasteiger partial charge >= 0.3 is 6.18 Å². The number of halogens is 3. The third-order valence-electron chi connectivity index (χ3n) is 0.369. The summed E-state index contributed by atoms with van der Waals surface area (Å²) in [6.45, 7) is -1.76. The van der Waals surface area contributed by atoms with Crippen LogP contribution in [0.5, 0.6) is 0 Å². The molecule has 0 radical (unpaired) electrons. The standard InChI is InChI=1S/C2H2BF3O4/c4-2(5,6)1-9-10-3(7)8/h1H2/q-2. The monoisotopic (exact) mass is 158 g/mol. The first kappa shape index (κ1) is 9.69. The number of rotatable bonds is 3. The van der Waals surface area contributed by atoms with E-state index in [4.69, 9.17) is 0 Å². The molecule has 0 fully saturated rings. The zero-order valence-corrected chi connectivity index (χ0v) is 4.55. The lowest BCUT2D eigenvalue weighted by Gasteiger charge is -2.23. The average molecular weight is 158 g/mol. The summed E-state index contributed by atoms with van der Waals surface area (Å²) in [5, 5.41) is 18.7. The van der Waals surface area contributed by atoms with Crippen molar-refractivity contribution in [2.45, 2.75) is 6.18 Å². The summed E-state index contributed by atoms with van der Waals surface area (Å²) in [7, 11) is -2.85. The highest BCUT2D eigenvalue weighted by molar-refractivity contribution is 6.27. The number of hydrogen-bond donors (Lipinski definition) is 0. The molecular weight excluding hydrogens is 156 g/mol. The Morgan fingerprint density at radius 1 is 1.30 bits per heavy atom. The third-order valence-corrected chi connectivity index (χ3v) is 0.369. The van der Waals surface area contributed by atoms with Crippen molar-refractivity contribution in [1.82, 2.24) is 0 Å². The Balaban J connectivity index is 3.21. The third kappa shape index (κ3) is 7.69. The fourth-order valence-electron chi connectivity index (χ4n) is 0.156. The summed E-state index contributed by atoms with van der Waals surface area (Å²) in [6.07, 6.45) is -4.59. The minimum atomic E-state index is -4.59. The molecule has 0 rings (SSSR count). The van der Waals surface area contributed by atoms with Crippen molar-refractivity contribution >= 4 is 7.32 Å². The van der Waals surface area contributed by atoms with Gasteiger partial charge in [0.15, 0.2) is 6.61 Å². The highest BCUT2D eigenvalue weighted by Gasteiger charge is 2.27. The maximum absolute atomic E-state index is 11.1. The highest BCUT2D eigenvalue weighted by atomic mass is 19.4. The van der Waals surface area contributed by atoms with Crippen LogP contribution in [-0.4, -0.2) is 20.1 Å². The Bertz CT molecular complexity index is 93.0. The molecule has 0 saturated carbocycles. The van der Waals surface area contributed by atoms with E-state index in [1.807, 2.05) is 0 Å². The number of alkyl halides is 3. The van der Waals surface area contributed by atoms with Gasteiger partial charge in [-0.1, -0.05) is 0 Å². The molecule has 0 saturated heterocycles. The minimum absolute atomic E-state index is 1.76. The normalized spacial score (nSPS) is 11.7. The lowest BCUT2D eigenvalue weighted by molar-refractivity contribution is -0.436. The Kier molecular flexibility index (Phi) is 3.65. The second-order valence-electron chi connectivity index (χ2n) is 1.26. The van der Waals surface area contributed by atoms with Crippen LogP contribution in [-0.2, 0) is 9.69 Å². The van der Waals surface area contributed by atoms with E-state index in [0.29, 0.717) is 0 Å². The predicted molar refractivity (Wildman–Crippen MR) is 18.8 cm³/mol. The molecule has 4 nitrogen and oxygen atoms in total. The van der Waals surface area contributed by atoms with Crippen LogP contribution in [0.2, 0.25) is 0 Å². The van der Waals surface area contributed by atoms with Crippen LogP contribution >= 0.6 is 0 Å². The van der Waals surface area contributed by atoms with Crippen molar-refractivity contribution in [3.8, 4) is 0 Å². The molecule has 0 atom stereocenters. The van der Waals surface area contributed by atoms with Crippen LogP contribution in [0.25, 0.3) is 0 Å². The van der Waals surface area contributed by atoms with E-state index in [9.17, 15) is 23.2 Å². The van der Waals surface area contributed by atoms with Crippen molar-refractivity contribution in [3.63, 3.8) is 0 Å². The maximum Gasteiger partial charge on any atom is 0.414 e. The van der Waals surface area contributed by atoms with Gasteiger partial charge in [0.25, 0.3) is 0 Å². The quantitative estimate of drug-likeness (QED) is 0.276. The summed E-state index contributed by atoms with van der Waals surface area (Å²) >= 11 is 0. The Morgan fingerprint density at radius 3 is 2.10 bits per heavy atom. The van der Waals surface area contributed by atoms with E-state index >= 15 is 0 Å². The molecule has 0 unspecified atom stereocenters. The second-order valence-corrected chi connectivity index (χ2v) is 1.26. The SMILES string of the molecule is [O-]B([O-])OOCC(F)(F)F. The van der Waals surface area contributed by atoms with E-state index in [1.54, 1.807) is 0 Å². The lowest BCUT2D eigenvalue weighted by Crippen LogP contribution is -2.48. The van der Waals surface area contributed by atoms with Crippen molar-refractivity contribution in [2.75, 3.05) is 6.61 Å². The van der Waals surface area contributed by atoms with Gasteiger partial charge in [-0.3, -0.25) is 0 Å². The van der Waals surface area contributed by atoms with Crippen LogP contribution in [0.4, 0.5) is 13.2 Å².